The van der Waals surface area contributed by atoms with Gasteiger partial charge in [0.25, 0.3) is 5.91 Å². The van der Waals surface area contributed by atoms with Gasteiger partial charge in [0.2, 0.25) is 0 Å². The van der Waals surface area contributed by atoms with Crippen LogP contribution in [0.2, 0.25) is 0 Å². The number of hydrogen-bond acceptors (Lipinski definition) is 6. The lowest BCUT2D eigenvalue weighted by Gasteiger charge is -2.33. The average molecular weight is 372 g/mol. The summed E-state index contributed by atoms with van der Waals surface area (Å²) in [5.74, 6) is 1.31. The highest BCUT2D eigenvalue weighted by Crippen LogP contribution is 2.20. The Kier molecular flexibility index (Phi) is 6.45. The lowest BCUT2D eigenvalue weighted by Crippen LogP contribution is -2.40. The van der Waals surface area contributed by atoms with Gasteiger partial charge in [0.15, 0.2) is 5.69 Å². The minimum atomic E-state index is -0.115. The minimum absolute atomic E-state index is 0.115. The van der Waals surface area contributed by atoms with Crippen molar-refractivity contribution in [1.82, 2.24) is 20.1 Å². The summed E-state index contributed by atoms with van der Waals surface area (Å²) in [5.41, 5.74) is 2.19. The molecule has 27 heavy (non-hydrogen) atoms. The smallest absolute Gasteiger partial charge is 0.277 e. The van der Waals surface area contributed by atoms with Gasteiger partial charge < -0.3 is 14.5 Å². The predicted octanol–water partition coefficient (Wildman–Crippen LogP) is 2.41. The van der Waals surface area contributed by atoms with Crippen molar-refractivity contribution in [3.05, 3.63) is 41.2 Å². The summed E-state index contributed by atoms with van der Waals surface area (Å²) in [4.78, 5) is 16.7. The molecule has 1 aromatic carbocycles. The molecule has 0 atom stereocenters. The second-order valence-corrected chi connectivity index (χ2v) is 7.27. The largest absolute Gasteiger partial charge is 0.497 e. The molecule has 2 aromatic rings. The molecule has 0 saturated carbocycles. The van der Waals surface area contributed by atoms with Crippen molar-refractivity contribution in [1.29, 1.82) is 0 Å². The molecule has 1 fully saturated rings. The molecule has 1 aromatic heterocycles. The van der Waals surface area contributed by atoms with Gasteiger partial charge in [-0.2, -0.15) is 0 Å². The van der Waals surface area contributed by atoms with Crippen LogP contribution in [0, 0.1) is 12.8 Å². The Morgan fingerprint density at radius 3 is 2.56 bits per heavy atom. The van der Waals surface area contributed by atoms with Crippen LogP contribution < -0.4 is 4.74 Å². The van der Waals surface area contributed by atoms with E-state index in [1.807, 2.05) is 19.2 Å². The van der Waals surface area contributed by atoms with E-state index in [1.54, 1.807) is 18.9 Å². The Bertz CT molecular complexity index is 736. The van der Waals surface area contributed by atoms with E-state index in [9.17, 15) is 4.79 Å². The second kappa shape index (κ2) is 8.99. The molecular formula is C20H28N4O3. The fourth-order valence-corrected chi connectivity index (χ4v) is 3.55. The summed E-state index contributed by atoms with van der Waals surface area (Å²) < 4.78 is 9.84. The number of carbonyl (C=O) groups is 1. The van der Waals surface area contributed by atoms with Crippen LogP contribution in [0.25, 0.3) is 0 Å². The standard InChI is InChI=1S/C20H28N4O3/c1-15-19(22-27-21-15)20(25)23(2)14-17-9-12-24(13-10-17)11-8-16-4-6-18(26-3)7-5-16/h4-7,17H,8-14H2,1-3H3. The monoisotopic (exact) mass is 372 g/mol. The number of methoxy groups -OCH3 is 1. The quantitative estimate of drug-likeness (QED) is 0.743. The van der Waals surface area contributed by atoms with Gasteiger partial charge in [-0.3, -0.25) is 4.79 Å². The average Bonchev–Trinajstić information content (AvgIpc) is 3.13. The molecule has 2 heterocycles. The molecule has 0 unspecified atom stereocenters. The fourth-order valence-electron chi connectivity index (χ4n) is 3.55. The van der Waals surface area contributed by atoms with Crippen molar-refractivity contribution >= 4 is 5.91 Å². The third-order valence-electron chi connectivity index (χ3n) is 5.32. The van der Waals surface area contributed by atoms with Crippen molar-refractivity contribution in [2.45, 2.75) is 26.2 Å². The molecule has 1 aliphatic heterocycles. The van der Waals surface area contributed by atoms with Gasteiger partial charge in [-0.1, -0.05) is 17.3 Å². The Morgan fingerprint density at radius 2 is 1.96 bits per heavy atom. The minimum Gasteiger partial charge on any atom is -0.497 e. The highest BCUT2D eigenvalue weighted by Gasteiger charge is 2.24. The maximum Gasteiger partial charge on any atom is 0.277 e. The van der Waals surface area contributed by atoms with Gasteiger partial charge in [0, 0.05) is 20.1 Å². The van der Waals surface area contributed by atoms with Crippen molar-refractivity contribution in [2.75, 3.05) is 40.3 Å². The van der Waals surface area contributed by atoms with Gasteiger partial charge in [-0.25, -0.2) is 4.63 Å². The Hall–Kier alpha value is -2.41. The maximum atomic E-state index is 12.4. The van der Waals surface area contributed by atoms with E-state index in [2.05, 4.69) is 32.0 Å². The summed E-state index contributed by atoms with van der Waals surface area (Å²) in [5, 5.41) is 7.40. The molecule has 1 aliphatic rings. The number of aryl methyl sites for hydroxylation is 1. The third-order valence-corrected chi connectivity index (χ3v) is 5.32. The number of piperidine rings is 1. The lowest BCUT2D eigenvalue weighted by molar-refractivity contribution is 0.0729. The van der Waals surface area contributed by atoms with Crippen LogP contribution in [0.15, 0.2) is 28.9 Å². The van der Waals surface area contributed by atoms with Crippen molar-refractivity contribution in [3.63, 3.8) is 0 Å². The first-order chi connectivity index (χ1) is 13.1. The normalized spacial score (nSPS) is 15.7. The first-order valence-electron chi connectivity index (χ1n) is 9.46. The van der Waals surface area contributed by atoms with Crippen LogP contribution in [0.3, 0.4) is 0 Å². The number of hydrogen-bond donors (Lipinski definition) is 0. The Balaban J connectivity index is 1.40. The zero-order chi connectivity index (χ0) is 19.2. The topological polar surface area (TPSA) is 71.7 Å². The molecule has 7 heteroatoms. The number of aromatic nitrogens is 2. The molecule has 0 aliphatic carbocycles. The molecule has 0 N–H and O–H groups in total. The maximum absolute atomic E-state index is 12.4. The van der Waals surface area contributed by atoms with E-state index in [-0.39, 0.29) is 5.91 Å². The summed E-state index contributed by atoms with van der Waals surface area (Å²) >= 11 is 0. The van der Waals surface area contributed by atoms with Gasteiger partial charge >= 0.3 is 0 Å². The molecule has 146 valence electrons. The number of nitrogens with zero attached hydrogens (tertiary/aromatic N) is 4. The Labute approximate surface area is 160 Å². The fraction of sp³-hybridized carbons (Fsp3) is 0.550. The lowest BCUT2D eigenvalue weighted by atomic mass is 9.96. The summed E-state index contributed by atoms with van der Waals surface area (Å²) in [6, 6.07) is 8.29. The summed E-state index contributed by atoms with van der Waals surface area (Å²) in [6.07, 6.45) is 3.26. The van der Waals surface area contributed by atoms with E-state index >= 15 is 0 Å². The van der Waals surface area contributed by atoms with Crippen LogP contribution in [0.1, 0.15) is 34.6 Å². The molecule has 3 rings (SSSR count). The van der Waals surface area contributed by atoms with E-state index in [1.165, 1.54) is 5.56 Å². The summed E-state index contributed by atoms with van der Waals surface area (Å²) in [6.45, 7) is 5.70. The first-order valence-corrected chi connectivity index (χ1v) is 9.46. The number of carbonyl (C=O) groups excluding carboxylic acids is 1. The molecule has 7 nitrogen and oxygen atoms in total. The van der Waals surface area contributed by atoms with Crippen LogP contribution in [0.4, 0.5) is 0 Å². The number of amides is 1. The van der Waals surface area contributed by atoms with Crippen LogP contribution >= 0.6 is 0 Å². The summed E-state index contributed by atoms with van der Waals surface area (Å²) in [7, 11) is 3.51. The van der Waals surface area contributed by atoms with E-state index < -0.39 is 0 Å². The highest BCUT2D eigenvalue weighted by molar-refractivity contribution is 5.92. The Morgan fingerprint density at radius 1 is 1.26 bits per heavy atom. The van der Waals surface area contributed by atoms with E-state index in [0.717, 1.165) is 51.2 Å². The van der Waals surface area contributed by atoms with Crippen molar-refractivity contribution < 1.29 is 14.2 Å². The molecule has 0 spiro atoms. The van der Waals surface area contributed by atoms with E-state index in [0.29, 0.717) is 17.3 Å². The van der Waals surface area contributed by atoms with Crippen LogP contribution in [0.5, 0.6) is 5.75 Å². The van der Waals surface area contributed by atoms with Gasteiger partial charge in [-0.15, -0.1) is 0 Å². The number of rotatable bonds is 7. The van der Waals surface area contributed by atoms with Gasteiger partial charge in [0.05, 0.1) is 7.11 Å². The van der Waals surface area contributed by atoms with Crippen molar-refractivity contribution in [3.8, 4) is 5.75 Å². The van der Waals surface area contributed by atoms with Gasteiger partial charge in [0.1, 0.15) is 11.4 Å². The predicted molar refractivity (Wildman–Crippen MR) is 102 cm³/mol. The molecule has 0 radical (unpaired) electrons. The number of benzene rings is 1. The van der Waals surface area contributed by atoms with Crippen LogP contribution in [-0.2, 0) is 6.42 Å². The first kappa shape index (κ1) is 19.4. The number of likely N-dealkylation sites (tertiary alicyclic amines) is 1. The molecule has 0 bridgehead atoms. The SMILES string of the molecule is COc1ccc(CCN2CCC(CN(C)C(=O)c3nonc3C)CC2)cc1. The zero-order valence-electron chi connectivity index (χ0n) is 16.4. The highest BCUT2D eigenvalue weighted by atomic mass is 16.6. The van der Waals surface area contributed by atoms with Crippen molar-refractivity contribution in [2.24, 2.45) is 5.92 Å². The molecular weight excluding hydrogens is 344 g/mol. The molecule has 1 saturated heterocycles. The third kappa shape index (κ3) is 5.07. The van der Waals surface area contributed by atoms with Gasteiger partial charge in [-0.05, 0) is 68.0 Å². The molecule has 1 amide bonds. The van der Waals surface area contributed by atoms with E-state index in [4.69, 9.17) is 4.74 Å². The van der Waals surface area contributed by atoms with Crippen LogP contribution in [-0.4, -0.2) is 66.4 Å². The number of ether oxygens (including phenoxy) is 1. The zero-order valence-corrected chi connectivity index (χ0v) is 16.4. The second-order valence-electron chi connectivity index (χ2n) is 7.27.